The Bertz CT molecular complexity index is 1060. The number of aryl methyl sites for hydroxylation is 1. The summed E-state index contributed by atoms with van der Waals surface area (Å²) in [5.41, 5.74) is 1.60. The zero-order valence-corrected chi connectivity index (χ0v) is 16.2. The molecular weight excluding hydrogens is 378 g/mol. The Balaban J connectivity index is 1.84. The van der Waals surface area contributed by atoms with E-state index in [9.17, 15) is 14.7 Å². The van der Waals surface area contributed by atoms with Crippen LogP contribution in [0.25, 0.3) is 0 Å². The molecule has 0 radical (unpaired) electrons. The molecule has 1 unspecified atom stereocenters. The number of carbonyl (C=O) groups excluding carboxylic acids is 1. The highest BCUT2D eigenvalue weighted by Crippen LogP contribution is 2.22. The third kappa shape index (κ3) is 4.23. The molecule has 1 aromatic heterocycles. The third-order valence-electron chi connectivity index (χ3n) is 4.53. The predicted octanol–water partition coefficient (Wildman–Crippen LogP) is 3.52. The van der Waals surface area contributed by atoms with Crippen molar-refractivity contribution >= 4 is 17.5 Å². The smallest absolute Gasteiger partial charge is 0.293 e. The van der Waals surface area contributed by atoms with Crippen molar-refractivity contribution in [2.45, 2.75) is 26.3 Å². The maximum atomic E-state index is 12.5. The highest BCUT2D eigenvalue weighted by molar-refractivity contribution is 6.31. The van der Waals surface area contributed by atoms with E-state index in [0.29, 0.717) is 10.8 Å². The maximum Gasteiger partial charge on any atom is 0.293 e. The van der Waals surface area contributed by atoms with Gasteiger partial charge in [0.05, 0.1) is 0 Å². The van der Waals surface area contributed by atoms with Crippen LogP contribution in [0, 0.1) is 6.92 Å². The van der Waals surface area contributed by atoms with Gasteiger partial charge in [-0.3, -0.25) is 9.59 Å². The summed E-state index contributed by atoms with van der Waals surface area (Å²) in [6, 6.07) is 14.9. The SMILES string of the molecule is Cc1ccc(CNC(=O)c2nc(C(C)c3ccccc3)[nH]c(=O)c2O)cc1Cl. The van der Waals surface area contributed by atoms with Gasteiger partial charge in [-0.25, -0.2) is 4.98 Å². The Labute approximate surface area is 167 Å². The minimum Gasteiger partial charge on any atom is -0.501 e. The molecule has 0 bridgehead atoms. The standard InChI is InChI=1S/C21H20ClN3O3/c1-12-8-9-14(10-16(12)22)11-23-20(27)17-18(26)21(28)25-19(24-17)13(2)15-6-4-3-5-7-15/h3-10,13,26H,11H2,1-2H3,(H,23,27)(H,24,25,28). The summed E-state index contributed by atoms with van der Waals surface area (Å²) < 4.78 is 0. The second kappa shape index (κ2) is 8.27. The quantitative estimate of drug-likeness (QED) is 0.613. The molecule has 0 aliphatic carbocycles. The van der Waals surface area contributed by atoms with Crippen LogP contribution in [-0.4, -0.2) is 21.0 Å². The van der Waals surface area contributed by atoms with Gasteiger partial charge in [-0.15, -0.1) is 0 Å². The van der Waals surface area contributed by atoms with Gasteiger partial charge in [0.25, 0.3) is 11.5 Å². The second-order valence-corrected chi connectivity index (χ2v) is 6.95. The van der Waals surface area contributed by atoms with Gasteiger partial charge in [0.2, 0.25) is 5.75 Å². The lowest BCUT2D eigenvalue weighted by atomic mass is 10.0. The van der Waals surface area contributed by atoms with Crippen LogP contribution < -0.4 is 10.9 Å². The number of nitrogens with one attached hydrogen (secondary N) is 2. The normalized spacial score (nSPS) is 11.8. The summed E-state index contributed by atoms with van der Waals surface area (Å²) in [7, 11) is 0. The minimum absolute atomic E-state index is 0.191. The Morgan fingerprint density at radius 2 is 1.96 bits per heavy atom. The van der Waals surface area contributed by atoms with Gasteiger partial charge in [-0.2, -0.15) is 0 Å². The fourth-order valence-corrected chi connectivity index (χ4v) is 2.96. The van der Waals surface area contributed by atoms with Gasteiger partial charge in [-0.05, 0) is 29.7 Å². The molecule has 7 heteroatoms. The topological polar surface area (TPSA) is 95.1 Å². The van der Waals surface area contributed by atoms with Gasteiger partial charge in [0.1, 0.15) is 5.82 Å². The highest BCUT2D eigenvalue weighted by atomic mass is 35.5. The van der Waals surface area contributed by atoms with Crippen LogP contribution in [0.2, 0.25) is 5.02 Å². The molecule has 6 nitrogen and oxygen atoms in total. The van der Waals surface area contributed by atoms with Crippen molar-refractivity contribution in [2.24, 2.45) is 0 Å². The molecule has 3 N–H and O–H groups in total. The lowest BCUT2D eigenvalue weighted by molar-refractivity contribution is 0.0942. The van der Waals surface area contributed by atoms with Crippen LogP contribution >= 0.6 is 11.6 Å². The Morgan fingerprint density at radius 3 is 2.64 bits per heavy atom. The molecule has 1 heterocycles. The third-order valence-corrected chi connectivity index (χ3v) is 4.93. The van der Waals surface area contributed by atoms with E-state index in [4.69, 9.17) is 11.6 Å². The number of hydrogen-bond acceptors (Lipinski definition) is 4. The van der Waals surface area contributed by atoms with Crippen LogP contribution in [0.4, 0.5) is 0 Å². The zero-order chi connectivity index (χ0) is 20.3. The van der Waals surface area contributed by atoms with Crippen molar-refractivity contribution < 1.29 is 9.90 Å². The highest BCUT2D eigenvalue weighted by Gasteiger charge is 2.20. The molecule has 3 aromatic rings. The molecule has 2 aromatic carbocycles. The molecule has 0 saturated heterocycles. The average molecular weight is 398 g/mol. The summed E-state index contributed by atoms with van der Waals surface area (Å²) in [4.78, 5) is 31.4. The van der Waals surface area contributed by atoms with Gasteiger partial charge in [0, 0.05) is 17.5 Å². The molecule has 0 aliphatic heterocycles. The Kier molecular flexibility index (Phi) is 5.80. The molecular formula is C21H20ClN3O3. The van der Waals surface area contributed by atoms with Crippen LogP contribution in [0.15, 0.2) is 53.3 Å². The molecule has 0 aliphatic rings. The summed E-state index contributed by atoms with van der Waals surface area (Å²) >= 11 is 6.10. The van der Waals surface area contributed by atoms with E-state index < -0.39 is 17.2 Å². The van der Waals surface area contributed by atoms with E-state index in [2.05, 4.69) is 15.3 Å². The van der Waals surface area contributed by atoms with Crippen LogP contribution in [-0.2, 0) is 6.54 Å². The monoisotopic (exact) mass is 397 g/mol. The van der Waals surface area contributed by atoms with Crippen molar-refractivity contribution in [1.82, 2.24) is 15.3 Å². The van der Waals surface area contributed by atoms with Gasteiger partial charge < -0.3 is 15.4 Å². The number of benzene rings is 2. The first kappa shape index (κ1) is 19.6. The van der Waals surface area contributed by atoms with Gasteiger partial charge >= 0.3 is 0 Å². The summed E-state index contributed by atoms with van der Waals surface area (Å²) in [6.45, 7) is 3.94. The van der Waals surface area contributed by atoms with E-state index in [1.165, 1.54) is 0 Å². The number of carbonyl (C=O) groups is 1. The van der Waals surface area contributed by atoms with Crippen LogP contribution in [0.1, 0.15) is 45.8 Å². The fraction of sp³-hybridized carbons (Fsp3) is 0.190. The molecule has 0 spiro atoms. The van der Waals surface area contributed by atoms with Crippen LogP contribution in [0.3, 0.4) is 0 Å². The minimum atomic E-state index is -0.753. The van der Waals surface area contributed by atoms with E-state index in [1.54, 1.807) is 6.07 Å². The number of H-pyrrole nitrogens is 1. The van der Waals surface area contributed by atoms with Gasteiger partial charge in [-0.1, -0.05) is 61.0 Å². The number of nitrogens with zero attached hydrogens (tertiary/aromatic N) is 1. The largest absolute Gasteiger partial charge is 0.501 e. The summed E-state index contributed by atoms with van der Waals surface area (Å²) in [5, 5.41) is 13.3. The molecule has 3 rings (SSSR count). The fourth-order valence-electron chi connectivity index (χ4n) is 2.76. The molecule has 144 valence electrons. The van der Waals surface area contributed by atoms with Crippen molar-refractivity contribution in [3.63, 3.8) is 0 Å². The van der Waals surface area contributed by atoms with Crippen LogP contribution in [0.5, 0.6) is 5.75 Å². The number of amides is 1. The van der Waals surface area contributed by atoms with Crippen molar-refractivity contribution in [1.29, 1.82) is 0 Å². The Hall–Kier alpha value is -3.12. The first-order valence-corrected chi connectivity index (χ1v) is 9.16. The first-order valence-electron chi connectivity index (χ1n) is 8.78. The number of aromatic nitrogens is 2. The summed E-state index contributed by atoms with van der Waals surface area (Å²) in [6.07, 6.45) is 0. The molecule has 1 amide bonds. The lowest BCUT2D eigenvalue weighted by Crippen LogP contribution is -2.27. The first-order chi connectivity index (χ1) is 13.4. The van der Waals surface area contributed by atoms with E-state index in [1.807, 2.05) is 56.3 Å². The number of rotatable bonds is 5. The number of halogens is 1. The number of aromatic hydroxyl groups is 1. The zero-order valence-electron chi connectivity index (χ0n) is 15.5. The van der Waals surface area contributed by atoms with E-state index in [-0.39, 0.29) is 18.2 Å². The van der Waals surface area contributed by atoms with E-state index in [0.717, 1.165) is 16.7 Å². The van der Waals surface area contributed by atoms with E-state index >= 15 is 0 Å². The van der Waals surface area contributed by atoms with Crippen molar-refractivity contribution in [3.8, 4) is 5.75 Å². The maximum absolute atomic E-state index is 12.5. The average Bonchev–Trinajstić information content (AvgIpc) is 2.70. The second-order valence-electron chi connectivity index (χ2n) is 6.55. The summed E-state index contributed by atoms with van der Waals surface area (Å²) in [5.74, 6) is -1.29. The van der Waals surface area contributed by atoms with Gasteiger partial charge in [0.15, 0.2) is 5.69 Å². The molecule has 28 heavy (non-hydrogen) atoms. The molecule has 0 fully saturated rings. The number of aromatic amines is 1. The lowest BCUT2D eigenvalue weighted by Gasteiger charge is -2.13. The molecule has 0 saturated carbocycles. The van der Waals surface area contributed by atoms with Crippen molar-refractivity contribution in [2.75, 3.05) is 0 Å². The Morgan fingerprint density at radius 1 is 1.25 bits per heavy atom. The predicted molar refractivity (Wildman–Crippen MR) is 108 cm³/mol. The number of hydrogen-bond donors (Lipinski definition) is 3. The molecule has 1 atom stereocenters. The van der Waals surface area contributed by atoms with Crippen molar-refractivity contribution in [3.05, 3.63) is 92.1 Å².